The quantitative estimate of drug-likeness (QED) is 0.446. The van der Waals surface area contributed by atoms with Crippen LogP contribution >= 0.6 is 0 Å². The van der Waals surface area contributed by atoms with Gasteiger partial charge in [0.05, 0.1) is 29.0 Å². The zero-order valence-electron chi connectivity index (χ0n) is 16.4. The van der Waals surface area contributed by atoms with Crippen molar-refractivity contribution in [2.24, 2.45) is 16.3 Å². The van der Waals surface area contributed by atoms with Gasteiger partial charge in [0.25, 0.3) is 5.69 Å². The first kappa shape index (κ1) is 21.3. The van der Waals surface area contributed by atoms with Gasteiger partial charge >= 0.3 is 5.97 Å². The number of carbonyl (C=O) groups excluding carboxylic acids is 2. The third-order valence-electron chi connectivity index (χ3n) is 4.72. The fraction of sp³-hybridized carbons (Fsp3) is 0.450. The van der Waals surface area contributed by atoms with E-state index in [9.17, 15) is 24.8 Å². The van der Waals surface area contributed by atoms with Crippen molar-refractivity contribution in [3.05, 3.63) is 45.7 Å². The molecule has 0 saturated carbocycles. The topological polar surface area (TPSA) is 119 Å². The van der Waals surface area contributed by atoms with E-state index in [4.69, 9.17) is 4.74 Å². The minimum Gasteiger partial charge on any atom is -0.511 e. The summed E-state index contributed by atoms with van der Waals surface area (Å²) in [6.45, 7) is 5.38. The van der Waals surface area contributed by atoms with Crippen molar-refractivity contribution in [1.29, 1.82) is 0 Å². The molecule has 1 aromatic rings. The molecule has 0 spiro atoms. The molecule has 2 rings (SSSR count). The van der Waals surface area contributed by atoms with Crippen LogP contribution in [0, 0.1) is 21.4 Å². The number of ketones is 1. The van der Waals surface area contributed by atoms with Crippen molar-refractivity contribution in [3.63, 3.8) is 0 Å². The molecule has 0 saturated heterocycles. The molecule has 1 atom stereocenters. The van der Waals surface area contributed by atoms with Crippen molar-refractivity contribution in [3.8, 4) is 0 Å². The molecule has 1 aliphatic carbocycles. The number of Topliss-reactive ketones (excluding diaryl/α,β-unsaturated/α-hetero) is 1. The SMILES string of the molecule is CCCC(=O)C1=C(O)[C@H](C(=O)OC)C(C)(C)CC1=Nc1cccc([N+](=O)[O-])c1. The Kier molecular flexibility index (Phi) is 6.33. The summed E-state index contributed by atoms with van der Waals surface area (Å²) in [6.07, 6.45) is 0.970. The van der Waals surface area contributed by atoms with Crippen LogP contribution in [0.1, 0.15) is 40.0 Å². The van der Waals surface area contributed by atoms with Gasteiger partial charge in [-0.15, -0.1) is 0 Å². The number of carbonyl (C=O) groups is 2. The number of aliphatic imine (C=N–C) groups is 1. The predicted molar refractivity (Wildman–Crippen MR) is 104 cm³/mol. The highest BCUT2D eigenvalue weighted by Crippen LogP contribution is 2.43. The lowest BCUT2D eigenvalue weighted by Gasteiger charge is -2.37. The van der Waals surface area contributed by atoms with Crippen LogP contribution in [0.5, 0.6) is 0 Å². The van der Waals surface area contributed by atoms with E-state index < -0.39 is 22.2 Å². The maximum Gasteiger partial charge on any atom is 0.316 e. The Morgan fingerprint density at radius 3 is 2.64 bits per heavy atom. The van der Waals surface area contributed by atoms with Crippen molar-refractivity contribution < 1.29 is 24.4 Å². The van der Waals surface area contributed by atoms with Gasteiger partial charge in [0.2, 0.25) is 0 Å². The van der Waals surface area contributed by atoms with Gasteiger partial charge in [-0.2, -0.15) is 0 Å². The highest BCUT2D eigenvalue weighted by Gasteiger charge is 2.47. The van der Waals surface area contributed by atoms with Crippen LogP contribution in [-0.4, -0.2) is 34.6 Å². The second-order valence-corrected chi connectivity index (χ2v) is 7.39. The normalized spacial score (nSPS) is 20.1. The smallest absolute Gasteiger partial charge is 0.316 e. The summed E-state index contributed by atoms with van der Waals surface area (Å²) < 4.78 is 4.82. The van der Waals surface area contributed by atoms with E-state index in [1.807, 2.05) is 6.92 Å². The molecular formula is C20H24N2O6. The third-order valence-corrected chi connectivity index (χ3v) is 4.72. The Balaban J connectivity index is 2.65. The molecule has 8 nitrogen and oxygen atoms in total. The van der Waals surface area contributed by atoms with Gasteiger partial charge in [-0.1, -0.05) is 26.8 Å². The van der Waals surface area contributed by atoms with E-state index in [-0.39, 0.29) is 35.6 Å². The molecule has 0 radical (unpaired) electrons. The number of hydrogen-bond donors (Lipinski definition) is 1. The number of nitro groups is 1. The zero-order valence-corrected chi connectivity index (χ0v) is 16.4. The highest BCUT2D eigenvalue weighted by molar-refractivity contribution is 6.24. The number of non-ortho nitro benzene ring substituents is 1. The first-order valence-electron chi connectivity index (χ1n) is 8.99. The number of allylic oxidation sites excluding steroid dienone is 1. The van der Waals surface area contributed by atoms with Gasteiger partial charge < -0.3 is 9.84 Å². The maximum absolute atomic E-state index is 12.7. The molecule has 0 fully saturated rings. The number of esters is 1. The molecule has 150 valence electrons. The number of benzene rings is 1. The molecule has 0 unspecified atom stereocenters. The Bertz CT molecular complexity index is 869. The molecule has 8 heteroatoms. The average Bonchev–Trinajstić information content (AvgIpc) is 2.60. The summed E-state index contributed by atoms with van der Waals surface area (Å²) in [5, 5.41) is 21.8. The lowest BCUT2D eigenvalue weighted by atomic mass is 9.67. The predicted octanol–water partition coefficient (Wildman–Crippen LogP) is 4.07. The Hall–Kier alpha value is -3.03. The second-order valence-electron chi connectivity index (χ2n) is 7.39. The Morgan fingerprint density at radius 1 is 1.39 bits per heavy atom. The lowest BCUT2D eigenvalue weighted by molar-refractivity contribution is -0.384. The monoisotopic (exact) mass is 388 g/mol. The molecule has 0 bridgehead atoms. The van der Waals surface area contributed by atoms with E-state index >= 15 is 0 Å². The minimum absolute atomic E-state index is 0.00285. The highest BCUT2D eigenvalue weighted by atomic mass is 16.6. The summed E-state index contributed by atoms with van der Waals surface area (Å²) in [5.41, 5.74) is -0.276. The molecule has 1 aliphatic rings. The Morgan fingerprint density at radius 2 is 2.07 bits per heavy atom. The third kappa shape index (κ3) is 4.27. The number of nitro benzene ring substituents is 1. The minimum atomic E-state index is -0.989. The molecule has 0 aliphatic heterocycles. The van der Waals surface area contributed by atoms with E-state index in [0.717, 1.165) is 0 Å². The van der Waals surface area contributed by atoms with Gasteiger partial charge in [0.1, 0.15) is 11.7 Å². The van der Waals surface area contributed by atoms with Gasteiger partial charge in [0.15, 0.2) is 5.78 Å². The van der Waals surface area contributed by atoms with Gasteiger partial charge in [0, 0.05) is 18.6 Å². The van der Waals surface area contributed by atoms with Crippen LogP contribution in [0.15, 0.2) is 40.6 Å². The molecule has 1 aromatic carbocycles. The molecule has 0 aromatic heterocycles. The van der Waals surface area contributed by atoms with Crippen molar-refractivity contribution in [1.82, 2.24) is 0 Å². The van der Waals surface area contributed by atoms with Crippen LogP contribution in [0.25, 0.3) is 0 Å². The summed E-state index contributed by atoms with van der Waals surface area (Å²) in [7, 11) is 1.23. The standard InChI is InChI=1S/C20H24N2O6/c1-5-7-15(23)16-14(21-12-8-6-9-13(10-12)22(26)27)11-20(2,3)17(18(16)24)19(25)28-4/h6,8-10,17,24H,5,7,11H2,1-4H3/t17-/m1/s1. The molecule has 28 heavy (non-hydrogen) atoms. The van der Waals surface area contributed by atoms with E-state index in [1.54, 1.807) is 19.9 Å². The lowest BCUT2D eigenvalue weighted by Crippen LogP contribution is -2.41. The van der Waals surface area contributed by atoms with Gasteiger partial charge in [-0.05, 0) is 24.3 Å². The van der Waals surface area contributed by atoms with Crippen LogP contribution in [0.4, 0.5) is 11.4 Å². The zero-order chi connectivity index (χ0) is 21.1. The van der Waals surface area contributed by atoms with Gasteiger partial charge in [-0.3, -0.25) is 24.7 Å². The van der Waals surface area contributed by atoms with Crippen LogP contribution in [-0.2, 0) is 14.3 Å². The largest absolute Gasteiger partial charge is 0.511 e. The van der Waals surface area contributed by atoms with E-state index in [1.165, 1.54) is 25.3 Å². The fourth-order valence-electron chi connectivity index (χ4n) is 3.42. The number of nitrogens with zero attached hydrogens (tertiary/aromatic N) is 2. The van der Waals surface area contributed by atoms with Crippen molar-refractivity contribution in [2.75, 3.05) is 7.11 Å². The first-order chi connectivity index (χ1) is 13.1. The van der Waals surface area contributed by atoms with E-state index in [2.05, 4.69) is 4.99 Å². The molecule has 0 amide bonds. The number of hydrogen-bond acceptors (Lipinski definition) is 7. The Labute approximate surface area is 163 Å². The van der Waals surface area contributed by atoms with Gasteiger partial charge in [-0.25, -0.2) is 0 Å². The number of rotatable bonds is 6. The van der Waals surface area contributed by atoms with Crippen molar-refractivity contribution in [2.45, 2.75) is 40.0 Å². The van der Waals surface area contributed by atoms with Crippen LogP contribution < -0.4 is 0 Å². The van der Waals surface area contributed by atoms with E-state index in [0.29, 0.717) is 17.8 Å². The summed E-state index contributed by atoms with van der Waals surface area (Å²) in [4.78, 5) is 39.9. The summed E-state index contributed by atoms with van der Waals surface area (Å²) in [6, 6.07) is 5.72. The molecular weight excluding hydrogens is 364 g/mol. The average molecular weight is 388 g/mol. The summed E-state index contributed by atoms with van der Waals surface area (Å²) in [5.74, 6) is -2.30. The second kappa shape index (κ2) is 8.33. The number of ether oxygens (including phenoxy) is 1. The molecule has 0 heterocycles. The fourth-order valence-corrected chi connectivity index (χ4v) is 3.42. The number of methoxy groups -OCH3 is 1. The first-order valence-corrected chi connectivity index (χ1v) is 8.99. The maximum atomic E-state index is 12.7. The van der Waals surface area contributed by atoms with Crippen molar-refractivity contribution >= 4 is 28.8 Å². The van der Waals surface area contributed by atoms with Crippen LogP contribution in [0.3, 0.4) is 0 Å². The summed E-state index contributed by atoms with van der Waals surface area (Å²) >= 11 is 0. The molecule has 1 N–H and O–H groups in total. The van der Waals surface area contributed by atoms with Crippen LogP contribution in [0.2, 0.25) is 0 Å². The number of aliphatic hydroxyl groups excluding tert-OH is 1. The number of aliphatic hydroxyl groups is 1.